The van der Waals surface area contributed by atoms with Gasteiger partial charge in [0.15, 0.2) is 6.10 Å². The fourth-order valence-electron chi connectivity index (χ4n) is 10.9. The molecular formula is C96H154NO8P. The van der Waals surface area contributed by atoms with Gasteiger partial charge in [0.2, 0.25) is 0 Å². The molecule has 10 heteroatoms. The lowest BCUT2D eigenvalue weighted by Crippen LogP contribution is -2.37. The number of allylic oxidation sites excluding steroid dienone is 38. The van der Waals surface area contributed by atoms with Crippen molar-refractivity contribution in [3.63, 3.8) is 0 Å². The average Bonchev–Trinajstić information content (AvgIpc) is 0.908. The van der Waals surface area contributed by atoms with Crippen molar-refractivity contribution < 1.29 is 42.1 Å². The number of carbonyl (C=O) groups excluding carboxylic acids is 2. The number of rotatable bonds is 75. The highest BCUT2D eigenvalue weighted by molar-refractivity contribution is 7.45. The van der Waals surface area contributed by atoms with E-state index in [0.717, 1.165) is 173 Å². The van der Waals surface area contributed by atoms with E-state index in [-0.39, 0.29) is 26.1 Å². The number of phosphoric ester groups is 1. The van der Waals surface area contributed by atoms with Crippen molar-refractivity contribution in [1.82, 2.24) is 0 Å². The Bertz CT molecular complexity index is 2650. The van der Waals surface area contributed by atoms with Crippen LogP contribution in [0.2, 0.25) is 0 Å². The number of ether oxygens (including phenoxy) is 2. The van der Waals surface area contributed by atoms with Crippen molar-refractivity contribution in [3.8, 4) is 0 Å². The van der Waals surface area contributed by atoms with Crippen LogP contribution in [0.4, 0.5) is 0 Å². The molecule has 0 aliphatic carbocycles. The number of likely N-dealkylation sites (N-methyl/N-ethyl adjacent to an activating group) is 1. The highest BCUT2D eigenvalue weighted by Crippen LogP contribution is 2.38. The van der Waals surface area contributed by atoms with E-state index in [4.69, 9.17) is 18.5 Å². The molecule has 0 rings (SSSR count). The van der Waals surface area contributed by atoms with E-state index in [2.05, 4.69) is 245 Å². The molecule has 0 heterocycles. The molecule has 2 atom stereocenters. The molecule has 0 radical (unpaired) electrons. The predicted molar refractivity (Wildman–Crippen MR) is 461 cm³/mol. The minimum atomic E-state index is -4.67. The zero-order valence-corrected chi connectivity index (χ0v) is 68.9. The number of hydrogen-bond donors (Lipinski definition) is 0. The molecule has 0 spiro atoms. The first-order valence-corrected chi connectivity index (χ1v) is 43.6. The van der Waals surface area contributed by atoms with E-state index >= 15 is 0 Å². The zero-order chi connectivity index (χ0) is 76.8. The van der Waals surface area contributed by atoms with Gasteiger partial charge in [0.05, 0.1) is 27.7 Å². The lowest BCUT2D eigenvalue weighted by atomic mass is 10.0. The normalized spacial score (nSPS) is 14.2. The third-order valence-corrected chi connectivity index (χ3v) is 18.1. The third kappa shape index (κ3) is 87.0. The molecule has 0 bridgehead atoms. The average molecular weight is 1480 g/mol. The predicted octanol–water partition coefficient (Wildman–Crippen LogP) is 28.2. The van der Waals surface area contributed by atoms with Crippen molar-refractivity contribution >= 4 is 19.8 Å². The maximum atomic E-state index is 12.9. The Kier molecular flexibility index (Phi) is 78.5. The van der Waals surface area contributed by atoms with Crippen LogP contribution in [0.5, 0.6) is 0 Å². The Balaban J connectivity index is 4.06. The SMILES string of the molecule is CC/C=C\C/C=C\C/C=C\C/C=C\C/C=C\C/C=C\C/C=C\C/C=C\C/C=C\C/C=C\C/C=C\CCCCCCCCCC(=O)OC(COC(=O)CCCCCCCCCCCCCCCCCC/C=C\C/C=C\C/C=C\C/C=C\C/C=C\C/C=C\C/C=C\C/C=C\CC)COP(=O)([O-])OCC[N+](C)(C)C. The second-order valence-electron chi connectivity index (χ2n) is 28.4. The zero-order valence-electron chi connectivity index (χ0n) is 68.0. The van der Waals surface area contributed by atoms with Gasteiger partial charge < -0.3 is 27.9 Å². The second kappa shape index (κ2) is 83.1. The Morgan fingerprint density at radius 2 is 0.509 bits per heavy atom. The van der Waals surface area contributed by atoms with E-state index in [1.807, 2.05) is 21.1 Å². The molecule has 0 fully saturated rings. The summed E-state index contributed by atoms with van der Waals surface area (Å²) >= 11 is 0. The number of carbonyl (C=O) groups is 2. The van der Waals surface area contributed by atoms with Crippen LogP contribution in [-0.4, -0.2) is 70.0 Å². The maximum Gasteiger partial charge on any atom is 0.306 e. The Hall–Kier alpha value is -5.93. The first-order valence-electron chi connectivity index (χ1n) is 42.1. The number of phosphoric acid groups is 1. The monoisotopic (exact) mass is 1480 g/mol. The van der Waals surface area contributed by atoms with Gasteiger partial charge in [0, 0.05) is 12.8 Å². The number of unbranched alkanes of at least 4 members (excludes halogenated alkanes) is 23. The molecule has 9 nitrogen and oxygen atoms in total. The van der Waals surface area contributed by atoms with Crippen LogP contribution in [-0.2, 0) is 32.7 Å². The molecule has 0 saturated heterocycles. The highest BCUT2D eigenvalue weighted by atomic mass is 31.2. The van der Waals surface area contributed by atoms with Crippen LogP contribution in [0.1, 0.15) is 309 Å². The summed E-state index contributed by atoms with van der Waals surface area (Å²) in [6.07, 6.45) is 133. The van der Waals surface area contributed by atoms with E-state index < -0.39 is 32.5 Å². The third-order valence-electron chi connectivity index (χ3n) is 17.2. The van der Waals surface area contributed by atoms with Gasteiger partial charge in [-0.25, -0.2) is 0 Å². The van der Waals surface area contributed by atoms with Crippen molar-refractivity contribution in [2.24, 2.45) is 0 Å². The number of nitrogens with zero attached hydrogens (tertiary/aromatic N) is 1. The van der Waals surface area contributed by atoms with Crippen molar-refractivity contribution in [3.05, 3.63) is 231 Å². The summed E-state index contributed by atoms with van der Waals surface area (Å²) in [6.45, 7) is 3.99. The largest absolute Gasteiger partial charge is 0.756 e. The molecular weight excluding hydrogens is 1330 g/mol. The highest BCUT2D eigenvalue weighted by Gasteiger charge is 2.22. The van der Waals surface area contributed by atoms with Gasteiger partial charge in [0.1, 0.15) is 19.8 Å². The van der Waals surface area contributed by atoms with Gasteiger partial charge in [-0.05, 0) is 161 Å². The first kappa shape index (κ1) is 100. The fraction of sp³-hybridized carbons (Fsp3) is 0.583. The molecule has 0 aromatic heterocycles. The molecule has 0 aromatic carbocycles. The lowest BCUT2D eigenvalue weighted by Gasteiger charge is -2.28. The van der Waals surface area contributed by atoms with Gasteiger partial charge in [-0.15, -0.1) is 0 Å². The lowest BCUT2D eigenvalue weighted by molar-refractivity contribution is -0.870. The summed E-state index contributed by atoms with van der Waals surface area (Å²) in [6, 6.07) is 0. The molecule has 2 unspecified atom stereocenters. The minimum Gasteiger partial charge on any atom is -0.756 e. The maximum absolute atomic E-state index is 12.9. The molecule has 596 valence electrons. The van der Waals surface area contributed by atoms with E-state index in [0.29, 0.717) is 17.4 Å². The fourth-order valence-corrected chi connectivity index (χ4v) is 11.6. The van der Waals surface area contributed by atoms with Gasteiger partial charge in [-0.3, -0.25) is 14.2 Å². The molecule has 0 amide bonds. The first-order chi connectivity index (χ1) is 52.0. The minimum absolute atomic E-state index is 0.0432. The summed E-state index contributed by atoms with van der Waals surface area (Å²) in [5.74, 6) is -0.854. The standard InChI is InChI=1S/C96H154NO8P/c1-6-8-10-12-14-16-18-20-22-24-26-28-30-32-34-36-38-40-42-44-46-48-50-52-54-56-58-60-62-64-66-68-70-72-74-76-78-80-82-84-86-88-95(98)102-92-94(93-104-106(100,101)103-91-90-97(3,4)5)105-96(99)89-87-85-83-81-79-77-75-73-71-69-67-65-63-61-59-57-55-53-51-49-47-45-43-41-39-37-35-33-31-29-27-25-23-21-19-17-15-13-11-9-7-2/h8-11,14-17,20-23,26-29,32-35,38-41,44-47,50-53,57,59,63,65,69,71,94H,6-7,12-13,18-19,24-25,30-31,36-37,42-43,48-49,54-56,58,60-62,64,66-68,70,72-93H2,1-5H3/b10-8-,11-9-,16-14-,17-15-,22-20-,23-21-,28-26-,29-27-,34-32-,35-33-,40-38-,41-39-,46-44-,47-45-,52-50-,53-51-,59-57-,65-63-,71-69-. The van der Waals surface area contributed by atoms with Crippen molar-refractivity contribution in [2.75, 3.05) is 47.5 Å². The second-order valence-corrected chi connectivity index (χ2v) is 29.8. The quantitative estimate of drug-likeness (QED) is 0.0195. The number of quaternary nitrogens is 1. The smallest absolute Gasteiger partial charge is 0.306 e. The Morgan fingerprint density at radius 3 is 0.755 bits per heavy atom. The molecule has 0 aliphatic heterocycles. The van der Waals surface area contributed by atoms with Crippen LogP contribution in [0.25, 0.3) is 0 Å². The van der Waals surface area contributed by atoms with Crippen molar-refractivity contribution in [1.29, 1.82) is 0 Å². The van der Waals surface area contributed by atoms with E-state index in [1.54, 1.807) is 0 Å². The molecule has 0 aliphatic rings. The Labute approximate surface area is 651 Å². The van der Waals surface area contributed by atoms with E-state index in [1.165, 1.54) is 103 Å². The summed E-state index contributed by atoms with van der Waals surface area (Å²) < 4.78 is 34.4. The molecule has 0 N–H and O–H groups in total. The van der Waals surface area contributed by atoms with Gasteiger partial charge in [-0.1, -0.05) is 367 Å². The van der Waals surface area contributed by atoms with Crippen LogP contribution >= 0.6 is 7.82 Å². The van der Waals surface area contributed by atoms with Crippen LogP contribution < -0.4 is 4.89 Å². The van der Waals surface area contributed by atoms with Gasteiger partial charge in [-0.2, -0.15) is 0 Å². The summed E-state index contributed by atoms with van der Waals surface area (Å²) in [5, 5.41) is 0. The molecule has 0 aromatic rings. The van der Waals surface area contributed by atoms with Crippen LogP contribution in [0.15, 0.2) is 231 Å². The van der Waals surface area contributed by atoms with Crippen molar-refractivity contribution in [2.45, 2.75) is 315 Å². The Morgan fingerprint density at radius 1 is 0.292 bits per heavy atom. The molecule has 0 saturated carbocycles. The summed E-state index contributed by atoms with van der Waals surface area (Å²) in [4.78, 5) is 38.2. The number of esters is 2. The molecule has 106 heavy (non-hydrogen) atoms. The summed E-state index contributed by atoms with van der Waals surface area (Å²) in [5.41, 5.74) is 0. The van der Waals surface area contributed by atoms with E-state index in [9.17, 15) is 19.0 Å². The van der Waals surface area contributed by atoms with Gasteiger partial charge >= 0.3 is 11.9 Å². The van der Waals surface area contributed by atoms with Crippen LogP contribution in [0, 0.1) is 0 Å². The number of hydrogen-bond acceptors (Lipinski definition) is 8. The van der Waals surface area contributed by atoms with Crippen LogP contribution in [0.3, 0.4) is 0 Å². The summed E-state index contributed by atoms with van der Waals surface area (Å²) in [7, 11) is 1.14. The topological polar surface area (TPSA) is 111 Å². The van der Waals surface area contributed by atoms with Gasteiger partial charge in [0.25, 0.3) is 7.82 Å².